The van der Waals surface area contributed by atoms with Gasteiger partial charge in [0.15, 0.2) is 5.78 Å². The summed E-state index contributed by atoms with van der Waals surface area (Å²) < 4.78 is 5.75. The summed E-state index contributed by atoms with van der Waals surface area (Å²) in [7, 11) is 0. The molecule has 18 heavy (non-hydrogen) atoms. The number of carbonyl (C=O) groups is 1. The van der Waals surface area contributed by atoms with Crippen molar-refractivity contribution in [3.05, 3.63) is 23.9 Å². The van der Waals surface area contributed by atoms with Gasteiger partial charge in [-0.1, -0.05) is 6.07 Å². The van der Waals surface area contributed by atoms with Crippen molar-refractivity contribution in [2.24, 2.45) is 0 Å². The van der Waals surface area contributed by atoms with Crippen LogP contribution in [0.4, 0.5) is 5.82 Å². The first-order valence-electron chi connectivity index (χ1n) is 6.54. The number of pyridine rings is 1. The number of ketones is 1. The van der Waals surface area contributed by atoms with Gasteiger partial charge in [-0.05, 0) is 38.7 Å². The second kappa shape index (κ2) is 5.48. The standard InChI is InChI=1S/C14H20N2O2/c1-2-18-14(7-3-4-8-14)12(17)10-11-6-5-9-16-13(11)15/h5-6,9H,2-4,7-8,10H2,1H3,(H2,15,16). The van der Waals surface area contributed by atoms with E-state index >= 15 is 0 Å². The van der Waals surface area contributed by atoms with Crippen molar-refractivity contribution in [2.45, 2.75) is 44.6 Å². The monoisotopic (exact) mass is 248 g/mol. The van der Waals surface area contributed by atoms with Crippen molar-refractivity contribution in [3.63, 3.8) is 0 Å². The van der Waals surface area contributed by atoms with E-state index in [1.165, 1.54) is 0 Å². The highest BCUT2D eigenvalue weighted by Gasteiger charge is 2.41. The van der Waals surface area contributed by atoms with Crippen molar-refractivity contribution in [1.82, 2.24) is 4.98 Å². The van der Waals surface area contributed by atoms with Crippen molar-refractivity contribution >= 4 is 11.6 Å². The lowest BCUT2D eigenvalue weighted by Crippen LogP contribution is -2.40. The lowest BCUT2D eigenvalue weighted by molar-refractivity contribution is -0.142. The van der Waals surface area contributed by atoms with Gasteiger partial charge in [-0.2, -0.15) is 0 Å². The fourth-order valence-electron chi connectivity index (χ4n) is 2.66. The number of Topliss-reactive ketones (excluding diaryl/α,β-unsaturated/α-hetero) is 1. The molecule has 1 heterocycles. The molecule has 0 aromatic carbocycles. The van der Waals surface area contributed by atoms with E-state index in [2.05, 4.69) is 4.98 Å². The summed E-state index contributed by atoms with van der Waals surface area (Å²) in [5.74, 6) is 0.581. The molecule has 0 saturated heterocycles. The van der Waals surface area contributed by atoms with E-state index in [9.17, 15) is 4.79 Å². The van der Waals surface area contributed by atoms with Gasteiger partial charge in [-0.15, -0.1) is 0 Å². The SMILES string of the molecule is CCOC1(C(=O)Cc2cccnc2N)CCCC1. The third-order valence-corrected chi connectivity index (χ3v) is 3.62. The summed E-state index contributed by atoms with van der Waals surface area (Å²) in [6.45, 7) is 2.51. The van der Waals surface area contributed by atoms with Crippen molar-refractivity contribution in [3.8, 4) is 0 Å². The van der Waals surface area contributed by atoms with Crippen LogP contribution >= 0.6 is 0 Å². The van der Waals surface area contributed by atoms with Crippen LogP contribution in [-0.4, -0.2) is 23.0 Å². The van der Waals surface area contributed by atoms with E-state index in [-0.39, 0.29) is 5.78 Å². The van der Waals surface area contributed by atoms with Crippen molar-refractivity contribution in [2.75, 3.05) is 12.3 Å². The minimum absolute atomic E-state index is 0.140. The predicted octanol–water partition coefficient (Wildman–Crippen LogP) is 2.12. The normalized spacial score (nSPS) is 17.8. The number of aromatic nitrogens is 1. The molecular weight excluding hydrogens is 228 g/mol. The number of nitrogens with two attached hydrogens (primary N) is 1. The van der Waals surface area contributed by atoms with Gasteiger partial charge in [0.2, 0.25) is 0 Å². The molecule has 1 saturated carbocycles. The topological polar surface area (TPSA) is 65.2 Å². The first-order valence-corrected chi connectivity index (χ1v) is 6.54. The van der Waals surface area contributed by atoms with Gasteiger partial charge < -0.3 is 10.5 Å². The Morgan fingerprint density at radius 3 is 2.83 bits per heavy atom. The van der Waals surface area contributed by atoms with Crippen LogP contribution in [0.5, 0.6) is 0 Å². The van der Waals surface area contributed by atoms with Crippen LogP contribution in [0.3, 0.4) is 0 Å². The molecule has 1 aromatic rings. The molecule has 1 aliphatic carbocycles. The molecule has 98 valence electrons. The lowest BCUT2D eigenvalue weighted by atomic mass is 9.91. The average molecular weight is 248 g/mol. The zero-order valence-corrected chi connectivity index (χ0v) is 10.8. The molecule has 1 aromatic heterocycles. The molecule has 1 aliphatic rings. The average Bonchev–Trinajstić information content (AvgIpc) is 2.82. The Hall–Kier alpha value is -1.42. The van der Waals surface area contributed by atoms with Gasteiger partial charge in [0.25, 0.3) is 0 Å². The molecule has 0 unspecified atom stereocenters. The second-order valence-electron chi connectivity index (χ2n) is 4.78. The quantitative estimate of drug-likeness (QED) is 0.866. The summed E-state index contributed by atoms with van der Waals surface area (Å²) in [5.41, 5.74) is 6.01. The summed E-state index contributed by atoms with van der Waals surface area (Å²) in [4.78, 5) is 16.5. The number of ether oxygens (including phenoxy) is 1. The third-order valence-electron chi connectivity index (χ3n) is 3.62. The molecule has 0 amide bonds. The minimum Gasteiger partial charge on any atom is -0.383 e. The Kier molecular flexibility index (Phi) is 3.97. The van der Waals surface area contributed by atoms with Gasteiger partial charge >= 0.3 is 0 Å². The van der Waals surface area contributed by atoms with Crippen LogP contribution in [0, 0.1) is 0 Å². The van der Waals surface area contributed by atoms with E-state index in [1.54, 1.807) is 12.3 Å². The zero-order valence-electron chi connectivity index (χ0n) is 10.8. The Bertz CT molecular complexity index is 426. The molecule has 0 atom stereocenters. The number of nitrogen functional groups attached to an aromatic ring is 1. The van der Waals surface area contributed by atoms with E-state index in [0.717, 1.165) is 31.2 Å². The summed E-state index contributed by atoms with van der Waals surface area (Å²) in [6, 6.07) is 3.66. The van der Waals surface area contributed by atoms with E-state index in [1.807, 2.05) is 13.0 Å². The van der Waals surface area contributed by atoms with Gasteiger partial charge in [0, 0.05) is 24.8 Å². The molecule has 0 radical (unpaired) electrons. The Morgan fingerprint density at radius 1 is 1.50 bits per heavy atom. The number of nitrogens with zero attached hydrogens (tertiary/aromatic N) is 1. The number of hydrogen-bond acceptors (Lipinski definition) is 4. The molecule has 0 aliphatic heterocycles. The maximum absolute atomic E-state index is 12.5. The molecule has 2 N–H and O–H groups in total. The van der Waals surface area contributed by atoms with E-state index in [0.29, 0.717) is 18.8 Å². The van der Waals surface area contributed by atoms with Gasteiger partial charge in [0.05, 0.1) is 0 Å². The van der Waals surface area contributed by atoms with Crippen molar-refractivity contribution in [1.29, 1.82) is 0 Å². The number of rotatable bonds is 5. The fraction of sp³-hybridized carbons (Fsp3) is 0.571. The van der Waals surface area contributed by atoms with E-state index in [4.69, 9.17) is 10.5 Å². The zero-order chi connectivity index (χ0) is 13.0. The smallest absolute Gasteiger partial charge is 0.169 e. The largest absolute Gasteiger partial charge is 0.383 e. The predicted molar refractivity (Wildman–Crippen MR) is 70.2 cm³/mol. The maximum Gasteiger partial charge on any atom is 0.169 e. The van der Waals surface area contributed by atoms with Crippen molar-refractivity contribution < 1.29 is 9.53 Å². The highest BCUT2D eigenvalue weighted by Crippen LogP contribution is 2.35. The minimum atomic E-state index is -0.572. The molecule has 4 heteroatoms. The van der Waals surface area contributed by atoms with Gasteiger partial charge in [-0.25, -0.2) is 4.98 Å². The van der Waals surface area contributed by atoms with Crippen LogP contribution < -0.4 is 5.73 Å². The van der Waals surface area contributed by atoms with Crippen LogP contribution in [0.25, 0.3) is 0 Å². The molecule has 0 spiro atoms. The highest BCUT2D eigenvalue weighted by atomic mass is 16.5. The first kappa shape index (κ1) is 13.0. The second-order valence-corrected chi connectivity index (χ2v) is 4.78. The van der Waals surface area contributed by atoms with Gasteiger partial charge in [0.1, 0.15) is 11.4 Å². The van der Waals surface area contributed by atoms with Gasteiger partial charge in [-0.3, -0.25) is 4.79 Å². The molecule has 0 bridgehead atoms. The molecule has 1 fully saturated rings. The summed E-state index contributed by atoms with van der Waals surface area (Å²) in [6.07, 6.45) is 5.75. The van der Waals surface area contributed by atoms with Crippen LogP contribution in [-0.2, 0) is 16.0 Å². The third kappa shape index (κ3) is 2.53. The van der Waals surface area contributed by atoms with E-state index < -0.39 is 5.60 Å². The van der Waals surface area contributed by atoms with Crippen LogP contribution in [0.2, 0.25) is 0 Å². The molecule has 2 rings (SSSR count). The summed E-state index contributed by atoms with van der Waals surface area (Å²) in [5, 5.41) is 0. The Morgan fingerprint density at radius 2 is 2.22 bits per heavy atom. The Balaban J connectivity index is 2.13. The fourth-order valence-corrected chi connectivity index (χ4v) is 2.66. The van der Waals surface area contributed by atoms with Crippen LogP contribution in [0.1, 0.15) is 38.2 Å². The number of anilines is 1. The van der Waals surface area contributed by atoms with Crippen LogP contribution in [0.15, 0.2) is 18.3 Å². The first-order chi connectivity index (χ1) is 8.68. The maximum atomic E-state index is 12.5. The number of carbonyl (C=O) groups excluding carboxylic acids is 1. The summed E-state index contributed by atoms with van der Waals surface area (Å²) >= 11 is 0. The molecule has 4 nitrogen and oxygen atoms in total. The number of hydrogen-bond donors (Lipinski definition) is 1. The Labute approximate surface area is 108 Å². The lowest BCUT2D eigenvalue weighted by Gasteiger charge is -2.27. The highest BCUT2D eigenvalue weighted by molar-refractivity contribution is 5.90. The molecular formula is C14H20N2O2.